The summed E-state index contributed by atoms with van der Waals surface area (Å²) in [5.41, 5.74) is 5.10. The van der Waals surface area contributed by atoms with Gasteiger partial charge in [0.15, 0.2) is 0 Å². The number of fused-ring (bicyclic) bond motifs is 2. The molecule has 2 aliphatic carbocycles. The van der Waals surface area contributed by atoms with Crippen LogP contribution in [-0.2, 0) is 4.79 Å². The number of allylic oxidation sites excluding steroid dienone is 2. The maximum Gasteiger partial charge on any atom is 0.231 e. The number of nitrogens with one attached hydrogen (secondary N) is 1. The Balaban J connectivity index is 1.84. The van der Waals surface area contributed by atoms with Crippen molar-refractivity contribution in [2.75, 3.05) is 6.54 Å². The highest BCUT2D eigenvalue weighted by Gasteiger charge is 2.38. The van der Waals surface area contributed by atoms with Crippen LogP contribution in [0.2, 0.25) is 0 Å². The lowest BCUT2D eigenvalue weighted by atomic mass is 9.87. The normalized spacial score (nSPS) is 36.2. The van der Waals surface area contributed by atoms with Crippen LogP contribution in [0.5, 0.6) is 0 Å². The first-order chi connectivity index (χ1) is 6.66. The zero-order valence-corrected chi connectivity index (χ0v) is 8.57. The number of primary amides is 1. The van der Waals surface area contributed by atoms with Crippen LogP contribution in [0.15, 0.2) is 12.2 Å². The van der Waals surface area contributed by atoms with Crippen molar-refractivity contribution in [3.63, 3.8) is 0 Å². The first kappa shape index (κ1) is 9.71. The van der Waals surface area contributed by atoms with Gasteiger partial charge in [0.25, 0.3) is 0 Å². The molecule has 0 aromatic carbocycles. The summed E-state index contributed by atoms with van der Waals surface area (Å²) < 4.78 is 0. The van der Waals surface area contributed by atoms with Crippen molar-refractivity contribution in [1.29, 1.82) is 0 Å². The quantitative estimate of drug-likeness (QED) is 0.646. The van der Waals surface area contributed by atoms with E-state index in [1.807, 2.05) is 0 Å². The van der Waals surface area contributed by atoms with Crippen LogP contribution in [0.4, 0.5) is 0 Å². The highest BCUT2D eigenvalue weighted by atomic mass is 16.1. The molecule has 0 heterocycles. The minimum Gasteiger partial charge on any atom is -0.369 e. The summed E-state index contributed by atoms with van der Waals surface area (Å²) in [6.45, 7) is 2.46. The first-order valence-corrected chi connectivity index (χ1v) is 5.37. The number of carbonyl (C=O) groups is 1. The van der Waals surface area contributed by atoms with Crippen molar-refractivity contribution in [2.24, 2.45) is 23.5 Å². The molecule has 4 unspecified atom stereocenters. The molecule has 3 heteroatoms. The average Bonchev–Trinajstić information content (AvgIpc) is 2.74. The second-order valence-electron chi connectivity index (χ2n) is 4.58. The summed E-state index contributed by atoms with van der Waals surface area (Å²) in [5.74, 6) is 1.96. The van der Waals surface area contributed by atoms with Crippen molar-refractivity contribution < 1.29 is 4.79 Å². The third-order valence-electron chi connectivity index (χ3n) is 3.57. The summed E-state index contributed by atoms with van der Waals surface area (Å²) in [5, 5.41) is 3.20. The fourth-order valence-corrected chi connectivity index (χ4v) is 2.81. The molecular formula is C11H18N2O. The van der Waals surface area contributed by atoms with Crippen molar-refractivity contribution >= 4 is 5.91 Å². The van der Waals surface area contributed by atoms with E-state index in [0.717, 1.165) is 11.8 Å². The lowest BCUT2D eigenvalue weighted by molar-refractivity contribution is -0.117. The molecule has 0 radical (unpaired) electrons. The van der Waals surface area contributed by atoms with E-state index in [9.17, 15) is 4.79 Å². The van der Waals surface area contributed by atoms with E-state index < -0.39 is 0 Å². The van der Waals surface area contributed by atoms with Gasteiger partial charge in [0, 0.05) is 6.04 Å². The molecule has 4 atom stereocenters. The van der Waals surface area contributed by atoms with E-state index in [-0.39, 0.29) is 5.91 Å². The molecule has 0 saturated heterocycles. The van der Waals surface area contributed by atoms with Gasteiger partial charge in [0.1, 0.15) is 0 Å². The van der Waals surface area contributed by atoms with Gasteiger partial charge in [-0.05, 0) is 37.5 Å². The van der Waals surface area contributed by atoms with Crippen LogP contribution in [0.3, 0.4) is 0 Å². The lowest BCUT2D eigenvalue weighted by Gasteiger charge is -2.25. The Labute approximate surface area is 84.7 Å². The van der Waals surface area contributed by atoms with Gasteiger partial charge >= 0.3 is 0 Å². The molecule has 2 rings (SSSR count). The molecule has 0 aromatic heterocycles. The second kappa shape index (κ2) is 3.73. The van der Waals surface area contributed by atoms with E-state index in [4.69, 9.17) is 5.73 Å². The number of carbonyl (C=O) groups excluding carboxylic acids is 1. The van der Waals surface area contributed by atoms with Crippen molar-refractivity contribution in [3.05, 3.63) is 12.2 Å². The Morgan fingerprint density at radius 1 is 1.57 bits per heavy atom. The van der Waals surface area contributed by atoms with Gasteiger partial charge in [0.2, 0.25) is 5.91 Å². The molecule has 1 amide bonds. The topological polar surface area (TPSA) is 55.1 Å². The maximum atomic E-state index is 10.6. The molecule has 0 spiro atoms. The highest BCUT2D eigenvalue weighted by molar-refractivity contribution is 5.75. The number of hydrogen-bond donors (Lipinski definition) is 2. The first-order valence-electron chi connectivity index (χ1n) is 5.37. The lowest BCUT2D eigenvalue weighted by Crippen LogP contribution is -2.40. The molecule has 3 nitrogen and oxygen atoms in total. The minimum atomic E-state index is -0.268. The van der Waals surface area contributed by atoms with Crippen LogP contribution in [0, 0.1) is 17.8 Å². The summed E-state index contributed by atoms with van der Waals surface area (Å²) >= 11 is 0. The SMILES string of the molecule is CC(NCC(N)=O)C1CC2C=CC1C2. The monoisotopic (exact) mass is 194 g/mol. The van der Waals surface area contributed by atoms with E-state index in [1.165, 1.54) is 12.8 Å². The standard InChI is InChI=1S/C11H18N2O/c1-7(13-6-11(12)14)10-5-8-2-3-9(10)4-8/h2-3,7-10,13H,4-6H2,1H3,(H2,12,14). The third kappa shape index (κ3) is 1.82. The zero-order chi connectivity index (χ0) is 10.1. The highest BCUT2D eigenvalue weighted by Crippen LogP contribution is 2.44. The molecule has 1 fully saturated rings. The molecule has 2 aliphatic rings. The Morgan fingerprint density at radius 2 is 2.36 bits per heavy atom. The van der Waals surface area contributed by atoms with E-state index in [1.54, 1.807) is 0 Å². The fraction of sp³-hybridized carbons (Fsp3) is 0.727. The molecule has 3 N–H and O–H groups in total. The minimum absolute atomic E-state index is 0.268. The fourth-order valence-electron chi connectivity index (χ4n) is 2.81. The Bertz CT molecular complexity index is 262. The Morgan fingerprint density at radius 3 is 2.86 bits per heavy atom. The van der Waals surface area contributed by atoms with Gasteiger partial charge in [-0.25, -0.2) is 0 Å². The number of hydrogen-bond acceptors (Lipinski definition) is 2. The van der Waals surface area contributed by atoms with Gasteiger partial charge in [-0.15, -0.1) is 0 Å². The Kier molecular flexibility index (Phi) is 2.59. The summed E-state index contributed by atoms with van der Waals surface area (Å²) in [6.07, 6.45) is 7.25. The van der Waals surface area contributed by atoms with Crippen molar-refractivity contribution in [2.45, 2.75) is 25.8 Å². The van der Waals surface area contributed by atoms with E-state index in [0.29, 0.717) is 18.5 Å². The number of nitrogens with two attached hydrogens (primary N) is 1. The van der Waals surface area contributed by atoms with Crippen LogP contribution >= 0.6 is 0 Å². The van der Waals surface area contributed by atoms with Gasteiger partial charge in [-0.3, -0.25) is 4.79 Å². The number of rotatable bonds is 4. The predicted octanol–water partition coefficient (Wildman–Crippen LogP) is 0.662. The number of amides is 1. The van der Waals surface area contributed by atoms with Crippen molar-refractivity contribution in [3.8, 4) is 0 Å². The molecule has 78 valence electrons. The van der Waals surface area contributed by atoms with Gasteiger partial charge in [-0.2, -0.15) is 0 Å². The summed E-state index contributed by atoms with van der Waals surface area (Å²) in [4.78, 5) is 10.6. The molecule has 2 bridgehead atoms. The third-order valence-corrected chi connectivity index (χ3v) is 3.57. The van der Waals surface area contributed by atoms with Crippen LogP contribution in [0.25, 0.3) is 0 Å². The molecule has 14 heavy (non-hydrogen) atoms. The van der Waals surface area contributed by atoms with E-state index >= 15 is 0 Å². The second-order valence-corrected chi connectivity index (χ2v) is 4.58. The summed E-state index contributed by atoms with van der Waals surface area (Å²) in [7, 11) is 0. The van der Waals surface area contributed by atoms with Gasteiger partial charge < -0.3 is 11.1 Å². The van der Waals surface area contributed by atoms with Gasteiger partial charge in [0.05, 0.1) is 6.54 Å². The average molecular weight is 194 g/mol. The largest absolute Gasteiger partial charge is 0.369 e. The maximum absolute atomic E-state index is 10.6. The predicted molar refractivity (Wildman–Crippen MR) is 55.5 cm³/mol. The van der Waals surface area contributed by atoms with Gasteiger partial charge in [-0.1, -0.05) is 12.2 Å². The zero-order valence-electron chi connectivity index (χ0n) is 8.57. The van der Waals surface area contributed by atoms with Crippen molar-refractivity contribution in [1.82, 2.24) is 5.32 Å². The van der Waals surface area contributed by atoms with E-state index in [2.05, 4.69) is 24.4 Å². The molecule has 0 aliphatic heterocycles. The van der Waals surface area contributed by atoms with Crippen LogP contribution < -0.4 is 11.1 Å². The molecule has 0 aromatic rings. The van der Waals surface area contributed by atoms with Crippen LogP contribution in [0.1, 0.15) is 19.8 Å². The molecular weight excluding hydrogens is 176 g/mol. The molecule has 1 saturated carbocycles. The van der Waals surface area contributed by atoms with Crippen LogP contribution in [-0.4, -0.2) is 18.5 Å². The smallest absolute Gasteiger partial charge is 0.231 e. The summed E-state index contributed by atoms with van der Waals surface area (Å²) in [6, 6.07) is 0.405. The Hall–Kier alpha value is -0.830.